The average molecular weight is 251 g/mol. The van der Waals surface area contributed by atoms with Gasteiger partial charge in [0.05, 0.1) is 11.9 Å². The quantitative estimate of drug-likeness (QED) is 0.734. The van der Waals surface area contributed by atoms with E-state index in [4.69, 9.17) is 5.73 Å². The molecule has 0 unspecified atom stereocenters. The lowest BCUT2D eigenvalue weighted by Gasteiger charge is -2.06. The van der Waals surface area contributed by atoms with Gasteiger partial charge in [0.1, 0.15) is 5.69 Å². The molecule has 0 saturated heterocycles. The third kappa shape index (κ3) is 2.15. The van der Waals surface area contributed by atoms with Crippen LogP contribution in [0.25, 0.3) is 16.8 Å². The standard InChI is InChI=1S/C15H13N3O/c16-14-10-18(17-15(14)19)13-8-4-7-12(9-13)11-5-2-1-3-6-11/h1-10H,16H2,(H,17,19). The van der Waals surface area contributed by atoms with Crippen molar-refractivity contribution in [2.75, 3.05) is 5.73 Å². The number of nitrogens with one attached hydrogen (secondary N) is 1. The molecule has 0 spiro atoms. The van der Waals surface area contributed by atoms with E-state index in [-0.39, 0.29) is 11.2 Å². The van der Waals surface area contributed by atoms with E-state index in [0.717, 1.165) is 16.8 Å². The van der Waals surface area contributed by atoms with Crippen molar-refractivity contribution in [1.29, 1.82) is 0 Å². The average Bonchev–Trinajstić information content (AvgIpc) is 2.80. The Balaban J connectivity index is 2.08. The van der Waals surface area contributed by atoms with Gasteiger partial charge in [0.25, 0.3) is 5.56 Å². The van der Waals surface area contributed by atoms with E-state index in [0.29, 0.717) is 0 Å². The van der Waals surface area contributed by atoms with E-state index in [1.165, 1.54) is 0 Å². The summed E-state index contributed by atoms with van der Waals surface area (Å²) in [5, 5.41) is 2.68. The lowest BCUT2D eigenvalue weighted by Crippen LogP contribution is -2.06. The van der Waals surface area contributed by atoms with Crippen LogP contribution in [0.1, 0.15) is 0 Å². The predicted octanol–water partition coefficient (Wildman–Crippen LogP) is 2.41. The molecule has 0 aliphatic heterocycles. The van der Waals surface area contributed by atoms with Crippen LogP contribution in [0.4, 0.5) is 5.69 Å². The normalized spacial score (nSPS) is 10.5. The van der Waals surface area contributed by atoms with Crippen molar-refractivity contribution in [3.8, 4) is 16.8 Å². The summed E-state index contributed by atoms with van der Waals surface area (Å²) in [6.07, 6.45) is 1.59. The third-order valence-electron chi connectivity index (χ3n) is 2.98. The summed E-state index contributed by atoms with van der Waals surface area (Å²) in [5.41, 5.74) is 8.59. The zero-order valence-corrected chi connectivity index (χ0v) is 10.2. The van der Waals surface area contributed by atoms with Gasteiger partial charge >= 0.3 is 0 Å². The van der Waals surface area contributed by atoms with Crippen LogP contribution in [-0.4, -0.2) is 9.78 Å². The molecule has 0 saturated carbocycles. The molecule has 0 radical (unpaired) electrons. The molecule has 4 nitrogen and oxygen atoms in total. The van der Waals surface area contributed by atoms with E-state index < -0.39 is 0 Å². The number of nitrogens with two attached hydrogens (primary N) is 1. The first-order valence-electron chi connectivity index (χ1n) is 5.97. The molecule has 2 aromatic carbocycles. The maximum atomic E-state index is 11.4. The molecule has 0 fully saturated rings. The number of hydrogen-bond acceptors (Lipinski definition) is 2. The van der Waals surface area contributed by atoms with Crippen LogP contribution in [0, 0.1) is 0 Å². The Morgan fingerprint density at radius 2 is 1.68 bits per heavy atom. The minimum absolute atomic E-state index is 0.213. The van der Waals surface area contributed by atoms with Gasteiger partial charge in [0, 0.05) is 0 Å². The molecule has 19 heavy (non-hydrogen) atoms. The van der Waals surface area contributed by atoms with Gasteiger partial charge in [-0.3, -0.25) is 14.6 Å². The fourth-order valence-corrected chi connectivity index (χ4v) is 2.01. The van der Waals surface area contributed by atoms with Gasteiger partial charge in [0.15, 0.2) is 0 Å². The van der Waals surface area contributed by atoms with Crippen molar-refractivity contribution in [2.45, 2.75) is 0 Å². The number of aromatic amines is 1. The van der Waals surface area contributed by atoms with Crippen LogP contribution >= 0.6 is 0 Å². The molecule has 0 atom stereocenters. The highest BCUT2D eigenvalue weighted by molar-refractivity contribution is 5.65. The maximum Gasteiger partial charge on any atom is 0.287 e. The van der Waals surface area contributed by atoms with Gasteiger partial charge in [-0.25, -0.2) is 0 Å². The Kier molecular flexibility index (Phi) is 2.68. The summed E-state index contributed by atoms with van der Waals surface area (Å²) in [6, 6.07) is 18.0. The number of hydrogen-bond donors (Lipinski definition) is 2. The Morgan fingerprint density at radius 1 is 0.947 bits per heavy atom. The van der Waals surface area contributed by atoms with Gasteiger partial charge in [-0.15, -0.1) is 0 Å². The highest BCUT2D eigenvalue weighted by Crippen LogP contribution is 2.21. The molecular weight excluding hydrogens is 238 g/mol. The zero-order valence-electron chi connectivity index (χ0n) is 10.2. The molecule has 3 N–H and O–H groups in total. The number of aromatic nitrogens is 2. The lowest BCUT2D eigenvalue weighted by molar-refractivity contribution is 0.864. The molecule has 3 rings (SSSR count). The van der Waals surface area contributed by atoms with Crippen LogP contribution in [0.5, 0.6) is 0 Å². The summed E-state index contributed by atoms with van der Waals surface area (Å²) in [7, 11) is 0. The second kappa shape index (κ2) is 4.49. The van der Waals surface area contributed by atoms with Crippen LogP contribution in [-0.2, 0) is 0 Å². The fraction of sp³-hybridized carbons (Fsp3) is 0. The van der Waals surface area contributed by atoms with Crippen LogP contribution < -0.4 is 11.3 Å². The molecule has 0 amide bonds. The Hall–Kier alpha value is -2.75. The predicted molar refractivity (Wildman–Crippen MR) is 76.2 cm³/mol. The molecule has 3 aromatic rings. The molecule has 1 heterocycles. The van der Waals surface area contributed by atoms with Gasteiger partial charge in [-0.2, -0.15) is 0 Å². The summed E-state index contributed by atoms with van der Waals surface area (Å²) < 4.78 is 1.63. The fourth-order valence-electron chi connectivity index (χ4n) is 2.01. The summed E-state index contributed by atoms with van der Waals surface area (Å²) in [5.74, 6) is 0. The number of rotatable bonds is 2. The van der Waals surface area contributed by atoms with Crippen LogP contribution in [0.15, 0.2) is 65.6 Å². The van der Waals surface area contributed by atoms with Gasteiger partial charge in [0.2, 0.25) is 0 Å². The molecule has 0 aliphatic rings. The monoisotopic (exact) mass is 251 g/mol. The second-order valence-electron chi connectivity index (χ2n) is 4.31. The third-order valence-corrected chi connectivity index (χ3v) is 2.98. The van der Waals surface area contributed by atoms with Crippen molar-refractivity contribution in [2.24, 2.45) is 0 Å². The van der Waals surface area contributed by atoms with E-state index in [1.807, 2.05) is 54.6 Å². The number of H-pyrrole nitrogens is 1. The lowest BCUT2D eigenvalue weighted by atomic mass is 10.1. The molecular formula is C15H13N3O. The maximum absolute atomic E-state index is 11.4. The van der Waals surface area contributed by atoms with Crippen LogP contribution in [0.3, 0.4) is 0 Å². The van der Waals surface area contributed by atoms with Crippen molar-refractivity contribution < 1.29 is 0 Å². The van der Waals surface area contributed by atoms with E-state index in [1.54, 1.807) is 10.9 Å². The van der Waals surface area contributed by atoms with Crippen molar-refractivity contribution in [3.05, 3.63) is 71.1 Å². The summed E-state index contributed by atoms with van der Waals surface area (Å²) >= 11 is 0. The van der Waals surface area contributed by atoms with Gasteiger partial charge in [-0.05, 0) is 23.3 Å². The molecule has 94 valence electrons. The van der Waals surface area contributed by atoms with Crippen molar-refractivity contribution in [3.63, 3.8) is 0 Å². The Labute approximate surface area is 110 Å². The largest absolute Gasteiger partial charge is 0.393 e. The molecule has 1 aromatic heterocycles. The first-order chi connectivity index (χ1) is 9.24. The SMILES string of the molecule is Nc1cn(-c2cccc(-c3ccccc3)c2)[nH]c1=O. The van der Waals surface area contributed by atoms with Crippen molar-refractivity contribution in [1.82, 2.24) is 9.78 Å². The first kappa shape index (κ1) is 11.3. The molecule has 4 heteroatoms. The topological polar surface area (TPSA) is 63.8 Å². The summed E-state index contributed by atoms with van der Waals surface area (Å²) in [4.78, 5) is 11.4. The van der Waals surface area contributed by atoms with Gasteiger partial charge in [-0.1, -0.05) is 42.5 Å². The number of nitrogen functional groups attached to an aromatic ring is 1. The summed E-state index contributed by atoms with van der Waals surface area (Å²) in [6.45, 7) is 0. The van der Waals surface area contributed by atoms with E-state index in [2.05, 4.69) is 5.10 Å². The first-order valence-corrected chi connectivity index (χ1v) is 5.97. The second-order valence-corrected chi connectivity index (χ2v) is 4.31. The zero-order chi connectivity index (χ0) is 13.2. The highest BCUT2D eigenvalue weighted by atomic mass is 16.1. The Morgan fingerprint density at radius 3 is 2.37 bits per heavy atom. The van der Waals surface area contributed by atoms with Gasteiger partial charge < -0.3 is 5.73 Å². The number of benzene rings is 2. The van der Waals surface area contributed by atoms with E-state index >= 15 is 0 Å². The Bertz CT molecular complexity index is 756. The minimum atomic E-state index is -0.273. The van der Waals surface area contributed by atoms with Crippen molar-refractivity contribution >= 4 is 5.69 Å². The molecule has 0 bridgehead atoms. The smallest absolute Gasteiger partial charge is 0.287 e. The van der Waals surface area contributed by atoms with Crippen LogP contribution in [0.2, 0.25) is 0 Å². The number of anilines is 1. The number of nitrogens with zero attached hydrogens (tertiary/aromatic N) is 1. The highest BCUT2D eigenvalue weighted by Gasteiger charge is 2.03. The minimum Gasteiger partial charge on any atom is -0.393 e. The molecule has 0 aliphatic carbocycles. The van der Waals surface area contributed by atoms with E-state index in [9.17, 15) is 4.79 Å².